The lowest BCUT2D eigenvalue weighted by Gasteiger charge is -2.17. The van der Waals surface area contributed by atoms with E-state index in [9.17, 15) is 4.79 Å². The highest BCUT2D eigenvalue weighted by atomic mass is 32.1. The van der Waals surface area contributed by atoms with Crippen LogP contribution in [-0.2, 0) is 4.79 Å². The molecule has 1 aromatic heterocycles. The van der Waals surface area contributed by atoms with Crippen molar-refractivity contribution in [2.45, 2.75) is 13.0 Å². The van der Waals surface area contributed by atoms with Gasteiger partial charge in [-0.2, -0.15) is 0 Å². The smallest absolute Gasteiger partial charge is 0.244 e. The van der Waals surface area contributed by atoms with Crippen LogP contribution in [0.15, 0.2) is 53.9 Å². The minimum atomic E-state index is -0.525. The zero-order valence-corrected chi connectivity index (χ0v) is 12.5. The molecule has 3 aromatic rings. The number of nitrogens with one attached hydrogen (secondary N) is 1. The standard InChI is InChI=1S/C17H16N2OS/c1-11-5-4-6-12(9-11)19-16(17(18)20)14-10-21-15-8-3-2-7-13(14)15/h2-10,16,19H,1H3,(H2,18,20). The largest absolute Gasteiger partial charge is 0.370 e. The molecule has 0 aliphatic carbocycles. The maximum atomic E-state index is 11.9. The highest BCUT2D eigenvalue weighted by Crippen LogP contribution is 2.32. The maximum absolute atomic E-state index is 11.9. The molecule has 0 spiro atoms. The molecule has 1 unspecified atom stereocenters. The molecule has 0 radical (unpaired) electrons. The molecule has 4 heteroatoms. The third-order valence-electron chi connectivity index (χ3n) is 3.44. The van der Waals surface area contributed by atoms with Gasteiger partial charge in [-0.1, -0.05) is 30.3 Å². The minimum absolute atomic E-state index is 0.375. The van der Waals surface area contributed by atoms with Crippen LogP contribution < -0.4 is 11.1 Å². The molecule has 1 amide bonds. The number of carbonyl (C=O) groups excluding carboxylic acids is 1. The van der Waals surface area contributed by atoms with Crippen molar-refractivity contribution in [3.8, 4) is 0 Å². The number of rotatable bonds is 4. The van der Waals surface area contributed by atoms with Crippen molar-refractivity contribution >= 4 is 33.0 Å². The molecule has 0 bridgehead atoms. The Kier molecular flexibility index (Phi) is 3.62. The van der Waals surface area contributed by atoms with Gasteiger partial charge in [-0.25, -0.2) is 0 Å². The number of anilines is 1. The van der Waals surface area contributed by atoms with E-state index in [0.717, 1.165) is 26.9 Å². The summed E-state index contributed by atoms with van der Waals surface area (Å²) in [5.74, 6) is -0.375. The number of thiophene rings is 1. The van der Waals surface area contributed by atoms with Crippen molar-refractivity contribution in [1.82, 2.24) is 0 Å². The molecule has 0 saturated heterocycles. The number of hydrogen-bond acceptors (Lipinski definition) is 3. The molecule has 0 aliphatic heterocycles. The van der Waals surface area contributed by atoms with E-state index in [0.29, 0.717) is 0 Å². The quantitative estimate of drug-likeness (QED) is 0.768. The molecule has 3 nitrogen and oxygen atoms in total. The molecule has 0 fully saturated rings. The normalized spacial score (nSPS) is 12.2. The van der Waals surface area contributed by atoms with Crippen molar-refractivity contribution in [2.75, 3.05) is 5.32 Å². The second-order valence-corrected chi connectivity index (χ2v) is 5.95. The van der Waals surface area contributed by atoms with Crippen LogP contribution in [0.5, 0.6) is 0 Å². The van der Waals surface area contributed by atoms with Gasteiger partial charge in [0.2, 0.25) is 5.91 Å². The summed E-state index contributed by atoms with van der Waals surface area (Å²) in [6, 6.07) is 15.4. The number of fused-ring (bicyclic) bond motifs is 1. The van der Waals surface area contributed by atoms with Gasteiger partial charge in [-0.15, -0.1) is 11.3 Å². The van der Waals surface area contributed by atoms with Crippen LogP contribution in [0.2, 0.25) is 0 Å². The van der Waals surface area contributed by atoms with Gasteiger partial charge in [-0.3, -0.25) is 4.79 Å². The van der Waals surface area contributed by atoms with Crippen LogP contribution in [0, 0.1) is 6.92 Å². The van der Waals surface area contributed by atoms with Crippen molar-refractivity contribution in [2.24, 2.45) is 5.73 Å². The molecule has 0 aliphatic rings. The zero-order chi connectivity index (χ0) is 14.8. The summed E-state index contributed by atoms with van der Waals surface area (Å²) in [6.07, 6.45) is 0. The van der Waals surface area contributed by atoms with E-state index in [4.69, 9.17) is 5.73 Å². The highest BCUT2D eigenvalue weighted by molar-refractivity contribution is 7.17. The Bertz CT molecular complexity index is 794. The molecule has 21 heavy (non-hydrogen) atoms. The molecule has 3 N–H and O–H groups in total. The van der Waals surface area contributed by atoms with Gasteiger partial charge >= 0.3 is 0 Å². The number of benzene rings is 2. The molecule has 0 saturated carbocycles. The van der Waals surface area contributed by atoms with Crippen molar-refractivity contribution in [1.29, 1.82) is 0 Å². The number of amides is 1. The number of carbonyl (C=O) groups is 1. The van der Waals surface area contributed by atoms with E-state index in [2.05, 4.69) is 5.32 Å². The second-order valence-electron chi connectivity index (χ2n) is 5.04. The number of nitrogens with two attached hydrogens (primary N) is 1. The Hall–Kier alpha value is -2.33. The monoisotopic (exact) mass is 296 g/mol. The highest BCUT2D eigenvalue weighted by Gasteiger charge is 2.21. The fourth-order valence-corrected chi connectivity index (χ4v) is 3.41. The average Bonchev–Trinajstić information content (AvgIpc) is 2.88. The van der Waals surface area contributed by atoms with E-state index < -0.39 is 6.04 Å². The van der Waals surface area contributed by atoms with E-state index in [1.807, 2.05) is 60.8 Å². The first-order chi connectivity index (χ1) is 10.1. The van der Waals surface area contributed by atoms with E-state index in [1.54, 1.807) is 11.3 Å². The van der Waals surface area contributed by atoms with E-state index in [1.165, 1.54) is 0 Å². The lowest BCUT2D eigenvalue weighted by atomic mass is 10.0. The van der Waals surface area contributed by atoms with Crippen LogP contribution in [-0.4, -0.2) is 5.91 Å². The predicted octanol–water partition coefficient (Wildman–Crippen LogP) is 3.85. The Morgan fingerprint density at radius 3 is 2.76 bits per heavy atom. The van der Waals surface area contributed by atoms with Gasteiger partial charge in [0.05, 0.1) is 0 Å². The van der Waals surface area contributed by atoms with Crippen molar-refractivity contribution < 1.29 is 4.79 Å². The summed E-state index contributed by atoms with van der Waals surface area (Å²) in [4.78, 5) is 11.9. The van der Waals surface area contributed by atoms with Gasteiger partial charge < -0.3 is 11.1 Å². The van der Waals surface area contributed by atoms with Crippen LogP contribution >= 0.6 is 11.3 Å². The van der Waals surface area contributed by atoms with Gasteiger partial charge in [-0.05, 0) is 41.5 Å². The van der Waals surface area contributed by atoms with E-state index in [-0.39, 0.29) is 5.91 Å². The number of aryl methyl sites for hydroxylation is 1. The van der Waals surface area contributed by atoms with Gasteiger partial charge in [0.1, 0.15) is 6.04 Å². The summed E-state index contributed by atoms with van der Waals surface area (Å²) in [5.41, 5.74) is 8.58. The lowest BCUT2D eigenvalue weighted by Crippen LogP contribution is -2.27. The average molecular weight is 296 g/mol. The predicted molar refractivity (Wildman–Crippen MR) is 88.6 cm³/mol. The molecular weight excluding hydrogens is 280 g/mol. The van der Waals surface area contributed by atoms with Crippen LogP contribution in [0.3, 0.4) is 0 Å². The minimum Gasteiger partial charge on any atom is -0.370 e. The fraction of sp³-hybridized carbons (Fsp3) is 0.118. The summed E-state index contributed by atoms with van der Waals surface area (Å²) >= 11 is 1.63. The maximum Gasteiger partial charge on any atom is 0.244 e. The topological polar surface area (TPSA) is 55.1 Å². The second kappa shape index (κ2) is 5.58. The molecule has 1 heterocycles. The molecule has 2 aromatic carbocycles. The van der Waals surface area contributed by atoms with E-state index >= 15 is 0 Å². The van der Waals surface area contributed by atoms with Gasteiger partial charge in [0.15, 0.2) is 0 Å². The van der Waals surface area contributed by atoms with Crippen LogP contribution in [0.1, 0.15) is 17.2 Å². The van der Waals surface area contributed by atoms with Crippen molar-refractivity contribution in [3.05, 3.63) is 65.0 Å². The third kappa shape index (κ3) is 2.76. The fourth-order valence-electron chi connectivity index (χ4n) is 2.43. The first-order valence-corrected chi connectivity index (χ1v) is 7.62. The summed E-state index contributed by atoms with van der Waals surface area (Å²) < 4.78 is 1.16. The van der Waals surface area contributed by atoms with Gasteiger partial charge in [0, 0.05) is 16.0 Å². The Morgan fingerprint density at radius 1 is 1.19 bits per heavy atom. The molecule has 1 atom stereocenters. The lowest BCUT2D eigenvalue weighted by molar-refractivity contribution is -0.118. The summed E-state index contributed by atoms with van der Waals surface area (Å²) in [7, 11) is 0. The van der Waals surface area contributed by atoms with Crippen LogP contribution in [0.4, 0.5) is 5.69 Å². The van der Waals surface area contributed by atoms with Crippen molar-refractivity contribution in [3.63, 3.8) is 0 Å². The molecule has 3 rings (SSSR count). The number of primary amides is 1. The first kappa shape index (κ1) is 13.6. The third-order valence-corrected chi connectivity index (χ3v) is 4.42. The first-order valence-electron chi connectivity index (χ1n) is 6.74. The molecule has 106 valence electrons. The summed E-state index contributed by atoms with van der Waals surface area (Å²) in [5, 5.41) is 6.32. The Balaban J connectivity index is 2.00. The zero-order valence-electron chi connectivity index (χ0n) is 11.7. The Labute approximate surface area is 127 Å². The number of hydrogen-bond donors (Lipinski definition) is 2. The Morgan fingerprint density at radius 2 is 2.00 bits per heavy atom. The SMILES string of the molecule is Cc1cccc(NC(C(N)=O)c2csc3ccccc23)c1. The van der Waals surface area contributed by atoms with Crippen LogP contribution in [0.25, 0.3) is 10.1 Å². The molecular formula is C17H16N2OS. The van der Waals surface area contributed by atoms with Gasteiger partial charge in [0.25, 0.3) is 0 Å². The summed E-state index contributed by atoms with van der Waals surface area (Å²) in [6.45, 7) is 2.02.